The normalized spacial score (nSPS) is 22.0. The zero-order chi connectivity index (χ0) is 14.2. The largest absolute Gasteiger partial charge is 0.369 e. The molecular weight excluding hydrogens is 328 g/mol. The van der Waals surface area contributed by atoms with Crippen molar-refractivity contribution in [3.63, 3.8) is 0 Å². The number of rotatable bonds is 2. The average Bonchev–Trinajstić information content (AvgIpc) is 3.16. The minimum atomic E-state index is 0.462. The predicted octanol–water partition coefficient (Wildman–Crippen LogP) is 3.91. The number of nitrogens with zero attached hydrogens (tertiary/aromatic N) is 3. The van der Waals surface area contributed by atoms with Crippen molar-refractivity contribution in [1.82, 2.24) is 14.8 Å². The lowest BCUT2D eigenvalue weighted by Crippen LogP contribution is -2.26. The molecule has 1 fully saturated rings. The van der Waals surface area contributed by atoms with Crippen LogP contribution in [0.1, 0.15) is 48.8 Å². The highest BCUT2D eigenvalue weighted by Gasteiger charge is 2.29. The van der Waals surface area contributed by atoms with E-state index in [0.717, 1.165) is 18.9 Å². The van der Waals surface area contributed by atoms with Gasteiger partial charge in [0, 0.05) is 30.8 Å². The first-order chi connectivity index (χ1) is 10.3. The van der Waals surface area contributed by atoms with Gasteiger partial charge < -0.3 is 5.32 Å². The van der Waals surface area contributed by atoms with Crippen LogP contribution in [0.2, 0.25) is 0 Å². The van der Waals surface area contributed by atoms with Crippen molar-refractivity contribution >= 4 is 21.7 Å². The number of nitrogens with one attached hydrogen (secondary N) is 1. The Hall–Kier alpha value is -1.36. The maximum Gasteiger partial charge on any atom is 0.139 e. The summed E-state index contributed by atoms with van der Waals surface area (Å²) in [5, 5.41) is 8.46. The fourth-order valence-electron chi connectivity index (χ4n) is 3.57. The van der Waals surface area contributed by atoms with E-state index >= 15 is 0 Å². The Kier molecular flexibility index (Phi) is 3.45. The van der Waals surface area contributed by atoms with Crippen LogP contribution in [0.3, 0.4) is 0 Å². The molecule has 4 nitrogen and oxygen atoms in total. The van der Waals surface area contributed by atoms with Gasteiger partial charge in [0.1, 0.15) is 5.82 Å². The molecule has 110 valence electrons. The number of hydrogen-bond acceptors (Lipinski definition) is 3. The van der Waals surface area contributed by atoms with E-state index in [9.17, 15) is 0 Å². The van der Waals surface area contributed by atoms with Crippen LogP contribution in [0, 0.1) is 0 Å². The Morgan fingerprint density at radius 3 is 2.67 bits per heavy atom. The summed E-state index contributed by atoms with van der Waals surface area (Å²) in [4.78, 5) is 4.10. The Bertz CT molecular complexity index is 631. The van der Waals surface area contributed by atoms with Gasteiger partial charge in [-0.05, 0) is 46.5 Å². The van der Waals surface area contributed by atoms with Crippen molar-refractivity contribution in [3.05, 3.63) is 40.3 Å². The monoisotopic (exact) mass is 346 g/mol. The maximum atomic E-state index is 4.90. The topological polar surface area (TPSA) is 42.7 Å². The quantitative estimate of drug-likeness (QED) is 0.896. The molecule has 0 aromatic carbocycles. The first-order valence-electron chi connectivity index (χ1n) is 7.73. The molecule has 1 atom stereocenters. The van der Waals surface area contributed by atoms with E-state index in [2.05, 4.69) is 43.0 Å². The van der Waals surface area contributed by atoms with Crippen LogP contribution in [-0.4, -0.2) is 21.3 Å². The summed E-state index contributed by atoms with van der Waals surface area (Å²) in [6.45, 7) is 1.90. The van der Waals surface area contributed by atoms with Crippen LogP contribution in [-0.2, 0) is 6.54 Å². The lowest BCUT2D eigenvalue weighted by atomic mass is 9.99. The molecule has 1 unspecified atom stereocenters. The van der Waals surface area contributed by atoms with Crippen molar-refractivity contribution in [2.45, 2.75) is 44.1 Å². The summed E-state index contributed by atoms with van der Waals surface area (Å²) >= 11 is 3.77. The minimum Gasteiger partial charge on any atom is -0.369 e. The molecule has 0 spiro atoms. The smallest absolute Gasteiger partial charge is 0.139 e. The summed E-state index contributed by atoms with van der Waals surface area (Å²) in [6.07, 6.45) is 8.98. The van der Waals surface area contributed by atoms with Crippen LogP contribution in [0.4, 0.5) is 5.82 Å². The second-order valence-corrected chi connectivity index (χ2v) is 6.86. The molecule has 1 N–H and O–H groups in total. The molecule has 3 heterocycles. The van der Waals surface area contributed by atoms with Gasteiger partial charge in [-0.3, -0.25) is 4.98 Å². The number of anilines is 1. The van der Waals surface area contributed by atoms with Gasteiger partial charge in [-0.15, -0.1) is 0 Å². The van der Waals surface area contributed by atoms with E-state index in [4.69, 9.17) is 5.10 Å². The van der Waals surface area contributed by atoms with E-state index in [1.54, 1.807) is 0 Å². The molecule has 1 aliphatic heterocycles. The molecule has 0 radical (unpaired) electrons. The van der Waals surface area contributed by atoms with Crippen molar-refractivity contribution in [2.75, 3.05) is 11.9 Å². The van der Waals surface area contributed by atoms with Crippen molar-refractivity contribution in [3.8, 4) is 0 Å². The third-order valence-corrected chi connectivity index (χ3v) is 5.53. The summed E-state index contributed by atoms with van der Waals surface area (Å²) < 4.78 is 3.33. The fourth-order valence-corrected chi connectivity index (χ4v) is 4.32. The highest BCUT2D eigenvalue weighted by atomic mass is 79.9. The molecule has 21 heavy (non-hydrogen) atoms. The van der Waals surface area contributed by atoms with Gasteiger partial charge >= 0.3 is 0 Å². The number of aromatic nitrogens is 3. The molecule has 1 saturated carbocycles. The van der Waals surface area contributed by atoms with Crippen molar-refractivity contribution < 1.29 is 0 Å². The lowest BCUT2D eigenvalue weighted by Gasteiger charge is -2.25. The van der Waals surface area contributed by atoms with E-state index in [0.29, 0.717) is 11.8 Å². The SMILES string of the molecule is Brc1c(C2CCCC2)nn2c1NCC(c1ccncc1)C2. The van der Waals surface area contributed by atoms with Crippen molar-refractivity contribution in [2.24, 2.45) is 0 Å². The zero-order valence-electron chi connectivity index (χ0n) is 11.9. The van der Waals surface area contributed by atoms with Crippen molar-refractivity contribution in [1.29, 1.82) is 0 Å². The molecule has 4 rings (SSSR count). The van der Waals surface area contributed by atoms with Gasteiger partial charge in [0.2, 0.25) is 0 Å². The molecule has 0 amide bonds. The van der Waals surface area contributed by atoms with Crippen LogP contribution in [0.5, 0.6) is 0 Å². The zero-order valence-corrected chi connectivity index (χ0v) is 13.5. The lowest BCUT2D eigenvalue weighted by molar-refractivity contribution is 0.496. The Morgan fingerprint density at radius 1 is 1.14 bits per heavy atom. The van der Waals surface area contributed by atoms with Crippen LogP contribution < -0.4 is 5.32 Å². The second kappa shape index (κ2) is 5.44. The van der Waals surface area contributed by atoms with E-state index < -0.39 is 0 Å². The molecule has 5 heteroatoms. The van der Waals surface area contributed by atoms with Crippen LogP contribution >= 0.6 is 15.9 Å². The van der Waals surface area contributed by atoms with Gasteiger partial charge in [-0.2, -0.15) is 5.10 Å². The molecule has 2 aromatic heterocycles. The standard InChI is InChI=1S/C16H19BrN4/c17-14-15(12-3-1-2-4-12)20-21-10-13(9-19-16(14)21)11-5-7-18-8-6-11/h5-8,12-13,19H,1-4,9-10H2. The van der Waals surface area contributed by atoms with Gasteiger partial charge in [0.05, 0.1) is 16.7 Å². The first-order valence-corrected chi connectivity index (χ1v) is 8.52. The molecule has 0 bridgehead atoms. The van der Waals surface area contributed by atoms with Gasteiger partial charge in [-0.25, -0.2) is 4.68 Å². The maximum absolute atomic E-state index is 4.90. The van der Waals surface area contributed by atoms with Gasteiger partial charge in [-0.1, -0.05) is 12.8 Å². The highest BCUT2D eigenvalue weighted by Crippen LogP contribution is 2.41. The Balaban J connectivity index is 1.62. The first kappa shape index (κ1) is 13.3. The number of pyridine rings is 1. The molecular formula is C16H19BrN4. The molecule has 0 saturated heterocycles. The van der Waals surface area contributed by atoms with Crippen LogP contribution in [0.25, 0.3) is 0 Å². The molecule has 2 aromatic rings. The minimum absolute atomic E-state index is 0.462. The summed E-state index contributed by atoms with van der Waals surface area (Å²) in [5.41, 5.74) is 2.59. The number of fused-ring (bicyclic) bond motifs is 1. The summed E-state index contributed by atoms with van der Waals surface area (Å²) in [6, 6.07) is 4.21. The Labute approximate surface area is 133 Å². The summed E-state index contributed by atoms with van der Waals surface area (Å²) in [7, 11) is 0. The third-order valence-electron chi connectivity index (χ3n) is 4.75. The number of halogens is 1. The predicted molar refractivity (Wildman–Crippen MR) is 86.6 cm³/mol. The van der Waals surface area contributed by atoms with Gasteiger partial charge in [0.15, 0.2) is 0 Å². The van der Waals surface area contributed by atoms with E-state index in [1.165, 1.54) is 41.4 Å². The highest BCUT2D eigenvalue weighted by molar-refractivity contribution is 9.10. The number of hydrogen-bond donors (Lipinski definition) is 1. The van der Waals surface area contributed by atoms with E-state index in [-0.39, 0.29) is 0 Å². The second-order valence-electron chi connectivity index (χ2n) is 6.07. The molecule has 2 aliphatic rings. The Morgan fingerprint density at radius 2 is 1.90 bits per heavy atom. The van der Waals surface area contributed by atoms with Crippen LogP contribution in [0.15, 0.2) is 29.0 Å². The van der Waals surface area contributed by atoms with E-state index in [1.807, 2.05) is 12.4 Å². The molecule has 1 aliphatic carbocycles. The average molecular weight is 347 g/mol. The fraction of sp³-hybridized carbons (Fsp3) is 0.500. The third kappa shape index (κ3) is 2.37. The summed E-state index contributed by atoms with van der Waals surface area (Å²) in [5.74, 6) is 2.25. The van der Waals surface area contributed by atoms with Gasteiger partial charge in [0.25, 0.3) is 0 Å².